The number of benzene rings is 2. The lowest BCUT2D eigenvalue weighted by atomic mass is 10.1. The van der Waals surface area contributed by atoms with E-state index in [0.29, 0.717) is 0 Å². The number of thiazole rings is 1. The topological polar surface area (TPSA) is 76.3 Å². The van der Waals surface area contributed by atoms with Crippen LogP contribution in [0.4, 0.5) is 5.69 Å². The molecule has 0 spiro atoms. The van der Waals surface area contributed by atoms with Crippen LogP contribution in [0.5, 0.6) is 5.75 Å². The molecule has 0 bridgehead atoms. The van der Waals surface area contributed by atoms with Gasteiger partial charge in [0.1, 0.15) is 10.8 Å². The number of hydrogen-bond acceptors (Lipinski definition) is 5. The van der Waals surface area contributed by atoms with E-state index in [-0.39, 0.29) is 11.4 Å². The second-order valence-corrected chi connectivity index (χ2v) is 5.25. The van der Waals surface area contributed by atoms with E-state index < -0.39 is 4.92 Å². The van der Waals surface area contributed by atoms with Gasteiger partial charge in [0.25, 0.3) is 5.69 Å². The van der Waals surface area contributed by atoms with E-state index in [1.54, 1.807) is 36.4 Å². The van der Waals surface area contributed by atoms with Crippen LogP contribution < -0.4 is 0 Å². The highest BCUT2D eigenvalue weighted by Gasteiger charge is 2.11. The maximum atomic E-state index is 10.8. The van der Waals surface area contributed by atoms with E-state index in [2.05, 4.69) is 4.98 Å². The van der Waals surface area contributed by atoms with Crippen molar-refractivity contribution in [2.24, 2.45) is 0 Å². The molecule has 1 heterocycles. The van der Waals surface area contributed by atoms with Crippen LogP contribution in [0.15, 0.2) is 53.9 Å². The van der Waals surface area contributed by atoms with Crippen molar-refractivity contribution < 1.29 is 10.0 Å². The molecule has 5 nitrogen and oxygen atoms in total. The van der Waals surface area contributed by atoms with Gasteiger partial charge in [-0.2, -0.15) is 0 Å². The molecule has 0 unspecified atom stereocenters. The fraction of sp³-hybridized carbons (Fsp3) is 0. The molecule has 1 aromatic heterocycles. The van der Waals surface area contributed by atoms with E-state index in [1.165, 1.54) is 23.5 Å². The highest BCUT2D eigenvalue weighted by Crippen LogP contribution is 2.31. The normalized spacial score (nSPS) is 10.5. The number of hydrogen-bond donors (Lipinski definition) is 1. The number of non-ortho nitro benzene ring substituents is 1. The summed E-state index contributed by atoms with van der Waals surface area (Å²) < 4.78 is 0. The van der Waals surface area contributed by atoms with E-state index in [9.17, 15) is 15.2 Å². The van der Waals surface area contributed by atoms with Crippen molar-refractivity contribution in [1.29, 1.82) is 0 Å². The maximum Gasteiger partial charge on any atom is 0.270 e. The first-order valence-corrected chi connectivity index (χ1v) is 7.01. The molecular formula is C15H10N2O3S. The molecule has 0 atom stereocenters. The molecule has 1 N–H and O–H groups in total. The SMILES string of the molecule is O=[N+]([O-])c1cccc(-c2nc(-c3ccc(O)cc3)cs2)c1. The Balaban J connectivity index is 1.96. The van der Waals surface area contributed by atoms with E-state index in [4.69, 9.17) is 0 Å². The monoisotopic (exact) mass is 298 g/mol. The molecule has 3 aromatic rings. The number of phenols is 1. The van der Waals surface area contributed by atoms with Crippen LogP contribution in [0, 0.1) is 10.1 Å². The minimum atomic E-state index is -0.419. The van der Waals surface area contributed by atoms with Crippen LogP contribution in [0.2, 0.25) is 0 Å². The molecule has 0 fully saturated rings. The van der Waals surface area contributed by atoms with Crippen molar-refractivity contribution in [2.75, 3.05) is 0 Å². The Kier molecular flexibility index (Phi) is 3.37. The summed E-state index contributed by atoms with van der Waals surface area (Å²) in [5.74, 6) is 0.202. The minimum absolute atomic E-state index is 0.0499. The second-order valence-electron chi connectivity index (χ2n) is 4.39. The highest BCUT2D eigenvalue weighted by atomic mass is 32.1. The zero-order chi connectivity index (χ0) is 14.8. The van der Waals surface area contributed by atoms with Gasteiger partial charge >= 0.3 is 0 Å². The number of aromatic hydroxyl groups is 1. The summed E-state index contributed by atoms with van der Waals surface area (Å²) in [5.41, 5.74) is 2.44. The van der Waals surface area contributed by atoms with Gasteiger partial charge in [-0.05, 0) is 24.3 Å². The van der Waals surface area contributed by atoms with Crippen molar-refractivity contribution in [2.45, 2.75) is 0 Å². The third-order valence-corrected chi connectivity index (χ3v) is 3.86. The molecule has 0 aliphatic rings. The van der Waals surface area contributed by atoms with Crippen LogP contribution >= 0.6 is 11.3 Å². The largest absolute Gasteiger partial charge is 0.508 e. The van der Waals surface area contributed by atoms with Gasteiger partial charge < -0.3 is 5.11 Å². The average molecular weight is 298 g/mol. The van der Waals surface area contributed by atoms with Gasteiger partial charge in [0, 0.05) is 28.6 Å². The molecule has 0 aliphatic carbocycles. The van der Waals surface area contributed by atoms with Gasteiger partial charge in [0.15, 0.2) is 0 Å². The summed E-state index contributed by atoms with van der Waals surface area (Å²) in [7, 11) is 0. The molecule has 2 aromatic carbocycles. The number of rotatable bonds is 3. The van der Waals surface area contributed by atoms with Crippen molar-refractivity contribution >= 4 is 17.0 Å². The van der Waals surface area contributed by atoms with Crippen molar-refractivity contribution in [3.05, 3.63) is 64.0 Å². The van der Waals surface area contributed by atoms with E-state index >= 15 is 0 Å². The Bertz CT molecular complexity index is 797. The molecule has 0 saturated heterocycles. The predicted molar refractivity (Wildman–Crippen MR) is 81.3 cm³/mol. The molecular weight excluding hydrogens is 288 g/mol. The Morgan fingerprint density at radius 2 is 1.86 bits per heavy atom. The van der Waals surface area contributed by atoms with Crippen LogP contribution in [0.25, 0.3) is 21.8 Å². The van der Waals surface area contributed by atoms with Crippen molar-refractivity contribution in [3.8, 4) is 27.6 Å². The number of phenolic OH excluding ortho intramolecular Hbond substituents is 1. The number of nitrogens with zero attached hydrogens (tertiary/aromatic N) is 2. The molecule has 0 saturated carbocycles. The Labute approximate surface area is 124 Å². The lowest BCUT2D eigenvalue weighted by molar-refractivity contribution is -0.384. The number of nitro benzene ring substituents is 1. The Morgan fingerprint density at radius 3 is 2.57 bits per heavy atom. The summed E-state index contributed by atoms with van der Waals surface area (Å²) >= 11 is 1.43. The Morgan fingerprint density at radius 1 is 1.10 bits per heavy atom. The van der Waals surface area contributed by atoms with E-state index in [0.717, 1.165) is 21.8 Å². The van der Waals surface area contributed by atoms with Crippen LogP contribution in [0.1, 0.15) is 0 Å². The smallest absolute Gasteiger partial charge is 0.270 e. The Hall–Kier alpha value is -2.73. The zero-order valence-electron chi connectivity index (χ0n) is 10.8. The first-order chi connectivity index (χ1) is 10.1. The fourth-order valence-corrected chi connectivity index (χ4v) is 2.75. The summed E-state index contributed by atoms with van der Waals surface area (Å²) in [4.78, 5) is 14.9. The summed E-state index contributed by atoms with van der Waals surface area (Å²) in [5, 5.41) is 22.7. The van der Waals surface area contributed by atoms with Gasteiger partial charge in [0.05, 0.1) is 10.6 Å². The predicted octanol–water partition coefficient (Wildman–Crippen LogP) is 4.09. The van der Waals surface area contributed by atoms with Crippen LogP contribution in [-0.2, 0) is 0 Å². The first kappa shape index (κ1) is 13.3. The third-order valence-electron chi connectivity index (χ3n) is 2.97. The maximum absolute atomic E-state index is 10.8. The minimum Gasteiger partial charge on any atom is -0.508 e. The van der Waals surface area contributed by atoms with Gasteiger partial charge in [-0.15, -0.1) is 11.3 Å². The van der Waals surface area contributed by atoms with Gasteiger partial charge in [0.2, 0.25) is 0 Å². The molecule has 21 heavy (non-hydrogen) atoms. The second kappa shape index (κ2) is 5.34. The van der Waals surface area contributed by atoms with Crippen molar-refractivity contribution in [3.63, 3.8) is 0 Å². The fourth-order valence-electron chi connectivity index (χ4n) is 1.92. The van der Waals surface area contributed by atoms with Gasteiger partial charge in [-0.1, -0.05) is 12.1 Å². The zero-order valence-corrected chi connectivity index (χ0v) is 11.6. The quantitative estimate of drug-likeness (QED) is 0.583. The third kappa shape index (κ3) is 2.75. The molecule has 0 radical (unpaired) electrons. The van der Waals surface area contributed by atoms with E-state index in [1.807, 2.05) is 5.38 Å². The average Bonchev–Trinajstić information content (AvgIpc) is 2.98. The lowest BCUT2D eigenvalue weighted by Gasteiger charge is -1.98. The highest BCUT2D eigenvalue weighted by molar-refractivity contribution is 7.13. The summed E-state index contributed by atoms with van der Waals surface area (Å²) in [6, 6.07) is 13.2. The first-order valence-electron chi connectivity index (χ1n) is 6.13. The molecule has 6 heteroatoms. The number of nitro groups is 1. The molecule has 3 rings (SSSR count). The van der Waals surface area contributed by atoms with Crippen molar-refractivity contribution in [1.82, 2.24) is 4.98 Å². The van der Waals surface area contributed by atoms with Gasteiger partial charge in [-0.3, -0.25) is 10.1 Å². The van der Waals surface area contributed by atoms with Gasteiger partial charge in [-0.25, -0.2) is 4.98 Å². The summed E-state index contributed by atoms with van der Waals surface area (Å²) in [6.07, 6.45) is 0. The van der Waals surface area contributed by atoms with Crippen LogP contribution in [0.3, 0.4) is 0 Å². The molecule has 104 valence electrons. The summed E-state index contributed by atoms with van der Waals surface area (Å²) in [6.45, 7) is 0. The lowest BCUT2D eigenvalue weighted by Crippen LogP contribution is -1.87. The standard InChI is InChI=1S/C15H10N2O3S/c18-13-6-4-10(5-7-13)14-9-21-15(16-14)11-2-1-3-12(8-11)17(19)20/h1-9,18H. The number of aromatic nitrogens is 1. The van der Waals surface area contributed by atoms with Crippen LogP contribution in [-0.4, -0.2) is 15.0 Å². The molecule has 0 amide bonds. The molecule has 0 aliphatic heterocycles.